The van der Waals surface area contributed by atoms with Gasteiger partial charge < -0.3 is 15.4 Å². The van der Waals surface area contributed by atoms with E-state index in [1.807, 2.05) is 13.0 Å². The summed E-state index contributed by atoms with van der Waals surface area (Å²) in [6.45, 7) is 4.54. The third-order valence-corrected chi connectivity index (χ3v) is 4.11. The zero-order valence-corrected chi connectivity index (χ0v) is 15.6. The van der Waals surface area contributed by atoms with Gasteiger partial charge in [0.1, 0.15) is 11.8 Å². The molecule has 1 aromatic carbocycles. The second-order valence-electron chi connectivity index (χ2n) is 6.17. The summed E-state index contributed by atoms with van der Waals surface area (Å²) in [5.41, 5.74) is 0.973. The molecule has 2 atom stereocenters. The van der Waals surface area contributed by atoms with E-state index in [0.29, 0.717) is 31.9 Å². The molecule has 0 spiro atoms. The van der Waals surface area contributed by atoms with Crippen molar-refractivity contribution < 1.29 is 22.7 Å². The van der Waals surface area contributed by atoms with E-state index in [2.05, 4.69) is 10.6 Å². The predicted molar refractivity (Wildman–Crippen MR) is 95.8 cm³/mol. The van der Waals surface area contributed by atoms with Gasteiger partial charge in [-0.25, -0.2) is 0 Å². The number of halogens is 4. The first-order valence-electron chi connectivity index (χ1n) is 8.30. The number of carbonyl (C=O) groups is 1. The van der Waals surface area contributed by atoms with Crippen LogP contribution < -0.4 is 15.4 Å². The van der Waals surface area contributed by atoms with Crippen LogP contribution in [0, 0.1) is 6.92 Å². The molecule has 1 saturated heterocycles. The highest BCUT2D eigenvalue weighted by atomic mass is 35.5. The average Bonchev–Trinajstić information content (AvgIpc) is 2.54. The Labute approximate surface area is 157 Å². The third-order valence-electron chi connectivity index (χ3n) is 4.11. The molecule has 148 valence electrons. The largest absolute Gasteiger partial charge is 0.481 e. The Morgan fingerprint density at radius 2 is 2.00 bits per heavy atom. The fraction of sp³-hybridized carbons (Fsp3) is 0.588. The van der Waals surface area contributed by atoms with Gasteiger partial charge >= 0.3 is 6.18 Å². The second kappa shape index (κ2) is 9.99. The van der Waals surface area contributed by atoms with Crippen molar-refractivity contribution in [1.29, 1.82) is 0 Å². The molecule has 0 saturated carbocycles. The van der Waals surface area contributed by atoms with E-state index < -0.39 is 30.8 Å². The molecule has 1 heterocycles. The number of nitrogens with zero attached hydrogens (tertiary/aromatic N) is 1. The molecule has 0 aromatic heterocycles. The molecule has 1 fully saturated rings. The minimum absolute atomic E-state index is 0. The van der Waals surface area contributed by atoms with Gasteiger partial charge in [-0.2, -0.15) is 13.2 Å². The topological polar surface area (TPSA) is 53.6 Å². The highest BCUT2D eigenvalue weighted by Gasteiger charge is 2.44. The summed E-state index contributed by atoms with van der Waals surface area (Å²) in [4.78, 5) is 13.5. The maximum Gasteiger partial charge on any atom is 0.405 e. The van der Waals surface area contributed by atoms with Crippen LogP contribution in [0.3, 0.4) is 0 Å². The van der Waals surface area contributed by atoms with Gasteiger partial charge in [0.2, 0.25) is 0 Å². The SMILES string of the molecule is Cc1cccc(OC(C)C(=O)NCC(N2CCNCC2)C(F)(F)F)c1.Cl. The van der Waals surface area contributed by atoms with E-state index >= 15 is 0 Å². The fourth-order valence-electron chi connectivity index (χ4n) is 2.73. The van der Waals surface area contributed by atoms with Gasteiger partial charge in [0.05, 0.1) is 0 Å². The van der Waals surface area contributed by atoms with Gasteiger partial charge in [0, 0.05) is 32.7 Å². The minimum atomic E-state index is -4.40. The first-order valence-corrected chi connectivity index (χ1v) is 8.30. The molecule has 2 rings (SSSR count). The zero-order chi connectivity index (χ0) is 18.4. The number of piperazine rings is 1. The van der Waals surface area contributed by atoms with Crippen molar-refractivity contribution in [3.63, 3.8) is 0 Å². The molecule has 2 N–H and O–H groups in total. The number of ether oxygens (including phenoxy) is 1. The van der Waals surface area contributed by atoms with Crippen LogP contribution >= 0.6 is 12.4 Å². The molecule has 1 aliphatic rings. The molecule has 0 radical (unpaired) electrons. The molecule has 0 bridgehead atoms. The van der Waals surface area contributed by atoms with Crippen molar-refractivity contribution in [3.05, 3.63) is 29.8 Å². The van der Waals surface area contributed by atoms with Crippen molar-refractivity contribution in [2.75, 3.05) is 32.7 Å². The van der Waals surface area contributed by atoms with Gasteiger partial charge in [0.15, 0.2) is 6.10 Å². The lowest BCUT2D eigenvalue weighted by molar-refractivity contribution is -0.184. The molecule has 2 unspecified atom stereocenters. The molecule has 1 amide bonds. The first kappa shape index (κ1) is 22.5. The molecule has 1 aromatic rings. The van der Waals surface area contributed by atoms with Gasteiger partial charge in [-0.05, 0) is 31.5 Å². The molecule has 26 heavy (non-hydrogen) atoms. The number of carbonyl (C=O) groups excluding carboxylic acids is 1. The second-order valence-corrected chi connectivity index (χ2v) is 6.17. The standard InChI is InChI=1S/C17H24F3N3O2.ClH/c1-12-4-3-5-14(10-12)25-13(2)16(24)22-11-15(17(18,19)20)23-8-6-21-7-9-23;/h3-5,10,13,15,21H,6-9,11H2,1-2H3,(H,22,24);1H. The number of hydrogen-bond acceptors (Lipinski definition) is 4. The van der Waals surface area contributed by atoms with E-state index in [4.69, 9.17) is 4.74 Å². The number of aryl methyl sites for hydroxylation is 1. The van der Waals surface area contributed by atoms with Crippen LogP contribution in [0.2, 0.25) is 0 Å². The zero-order valence-electron chi connectivity index (χ0n) is 14.8. The molecular formula is C17H25ClF3N3O2. The highest BCUT2D eigenvalue weighted by Crippen LogP contribution is 2.24. The first-order chi connectivity index (χ1) is 11.8. The number of benzene rings is 1. The maximum absolute atomic E-state index is 13.3. The maximum atomic E-state index is 13.3. The van der Waals surface area contributed by atoms with Crippen molar-refractivity contribution in [2.45, 2.75) is 32.2 Å². The smallest absolute Gasteiger partial charge is 0.405 e. The number of alkyl halides is 3. The Kier molecular flexibility index (Phi) is 8.66. The van der Waals surface area contributed by atoms with Gasteiger partial charge in [0.25, 0.3) is 5.91 Å². The summed E-state index contributed by atoms with van der Waals surface area (Å²) in [6.07, 6.45) is -5.27. The van der Waals surface area contributed by atoms with E-state index in [1.165, 1.54) is 11.8 Å². The quantitative estimate of drug-likeness (QED) is 0.775. The Morgan fingerprint density at radius 3 is 2.58 bits per heavy atom. The summed E-state index contributed by atoms with van der Waals surface area (Å²) in [5, 5.41) is 5.39. The normalized spacial score (nSPS) is 17.7. The third kappa shape index (κ3) is 6.66. The Hall–Kier alpha value is -1.51. The van der Waals surface area contributed by atoms with Crippen molar-refractivity contribution in [2.24, 2.45) is 0 Å². The Bertz CT molecular complexity index is 581. The van der Waals surface area contributed by atoms with Gasteiger partial charge in [-0.15, -0.1) is 12.4 Å². The Morgan fingerprint density at radius 1 is 1.35 bits per heavy atom. The monoisotopic (exact) mass is 395 g/mol. The van der Waals surface area contributed by atoms with Crippen LogP contribution in [0.5, 0.6) is 5.75 Å². The molecule has 5 nitrogen and oxygen atoms in total. The van der Waals surface area contributed by atoms with Crippen LogP contribution in [-0.4, -0.2) is 61.9 Å². The van der Waals surface area contributed by atoms with Gasteiger partial charge in [-0.1, -0.05) is 12.1 Å². The molecular weight excluding hydrogens is 371 g/mol. The van der Waals surface area contributed by atoms with Crippen molar-refractivity contribution in [3.8, 4) is 5.75 Å². The van der Waals surface area contributed by atoms with Crippen molar-refractivity contribution >= 4 is 18.3 Å². The van der Waals surface area contributed by atoms with E-state index in [1.54, 1.807) is 18.2 Å². The highest BCUT2D eigenvalue weighted by molar-refractivity contribution is 5.85. The summed E-state index contributed by atoms with van der Waals surface area (Å²) in [7, 11) is 0. The lowest BCUT2D eigenvalue weighted by Crippen LogP contribution is -2.58. The summed E-state index contributed by atoms with van der Waals surface area (Å²) in [6, 6.07) is 5.46. The average molecular weight is 396 g/mol. The van der Waals surface area contributed by atoms with Crippen LogP contribution in [0.1, 0.15) is 12.5 Å². The number of amides is 1. The van der Waals surface area contributed by atoms with E-state index in [0.717, 1.165) is 5.56 Å². The Balaban J connectivity index is 0.00000338. The van der Waals surface area contributed by atoms with Crippen LogP contribution in [0.25, 0.3) is 0 Å². The number of hydrogen-bond donors (Lipinski definition) is 2. The van der Waals surface area contributed by atoms with Crippen LogP contribution in [0.15, 0.2) is 24.3 Å². The van der Waals surface area contributed by atoms with Crippen LogP contribution in [-0.2, 0) is 4.79 Å². The minimum Gasteiger partial charge on any atom is -0.481 e. The summed E-state index contributed by atoms with van der Waals surface area (Å²) >= 11 is 0. The number of nitrogens with one attached hydrogen (secondary N) is 2. The van der Waals surface area contributed by atoms with E-state index in [-0.39, 0.29) is 12.4 Å². The number of rotatable bonds is 6. The molecule has 1 aliphatic heterocycles. The lowest BCUT2D eigenvalue weighted by Gasteiger charge is -2.36. The lowest BCUT2D eigenvalue weighted by atomic mass is 10.2. The van der Waals surface area contributed by atoms with Gasteiger partial charge in [-0.3, -0.25) is 9.69 Å². The van der Waals surface area contributed by atoms with Crippen LogP contribution in [0.4, 0.5) is 13.2 Å². The summed E-state index contributed by atoms with van der Waals surface area (Å²) < 4.78 is 45.4. The summed E-state index contributed by atoms with van der Waals surface area (Å²) in [5.74, 6) is -0.0528. The fourth-order valence-corrected chi connectivity index (χ4v) is 2.73. The molecule has 9 heteroatoms. The van der Waals surface area contributed by atoms with E-state index in [9.17, 15) is 18.0 Å². The molecule has 0 aliphatic carbocycles. The van der Waals surface area contributed by atoms with Crippen molar-refractivity contribution in [1.82, 2.24) is 15.5 Å². The predicted octanol–water partition coefficient (Wildman–Crippen LogP) is 2.14.